The van der Waals surface area contributed by atoms with Gasteiger partial charge < -0.3 is 25.0 Å². The highest BCUT2D eigenvalue weighted by Gasteiger charge is 2.34. The van der Waals surface area contributed by atoms with Crippen molar-refractivity contribution in [3.05, 3.63) is 18.3 Å². The molecule has 2 N–H and O–H groups in total. The molecule has 1 aromatic heterocycles. The Hall–Kier alpha value is -1.08. The van der Waals surface area contributed by atoms with Gasteiger partial charge in [-0.05, 0) is 44.7 Å². The average Bonchev–Trinajstić information content (AvgIpc) is 3.10. The molecule has 0 spiro atoms. The van der Waals surface area contributed by atoms with E-state index in [2.05, 4.69) is 41.5 Å². The van der Waals surface area contributed by atoms with Crippen LogP contribution >= 0.6 is 12.4 Å². The molecule has 4 rings (SSSR count). The third-order valence-electron chi connectivity index (χ3n) is 5.88. The Morgan fingerprint density at radius 1 is 1.19 bits per heavy atom. The molecule has 1 aliphatic carbocycles. The summed E-state index contributed by atoms with van der Waals surface area (Å²) in [5.41, 5.74) is 1.12. The van der Waals surface area contributed by atoms with Crippen molar-refractivity contribution in [2.24, 2.45) is 5.92 Å². The van der Waals surface area contributed by atoms with Gasteiger partial charge in [-0.3, -0.25) is 0 Å². The van der Waals surface area contributed by atoms with Gasteiger partial charge in [0.2, 0.25) is 0 Å². The van der Waals surface area contributed by atoms with Gasteiger partial charge in [-0.2, -0.15) is 0 Å². The van der Waals surface area contributed by atoms with E-state index in [0.717, 1.165) is 44.4 Å². The van der Waals surface area contributed by atoms with Crippen molar-refractivity contribution in [3.8, 4) is 0 Å². The van der Waals surface area contributed by atoms with Gasteiger partial charge in [0.15, 0.2) is 0 Å². The zero-order valence-electron chi connectivity index (χ0n) is 16.4. The second kappa shape index (κ2) is 9.41. The molecule has 0 amide bonds. The maximum Gasteiger partial charge on any atom is 0.128 e. The minimum absolute atomic E-state index is 0. The quantitative estimate of drug-likeness (QED) is 0.816. The SMILES string of the molecule is CC1CN(c2ccc(NC3CCCC3C3COCCN3)cn2)CC(C)O1.Cl. The van der Waals surface area contributed by atoms with Crippen LogP contribution in [0.5, 0.6) is 0 Å². The van der Waals surface area contributed by atoms with Crippen LogP contribution < -0.4 is 15.5 Å². The summed E-state index contributed by atoms with van der Waals surface area (Å²) < 4.78 is 11.5. The number of rotatable bonds is 4. The van der Waals surface area contributed by atoms with E-state index in [1.54, 1.807) is 0 Å². The predicted molar refractivity (Wildman–Crippen MR) is 111 cm³/mol. The summed E-state index contributed by atoms with van der Waals surface area (Å²) in [5, 5.41) is 7.37. The van der Waals surface area contributed by atoms with Crippen molar-refractivity contribution < 1.29 is 9.47 Å². The van der Waals surface area contributed by atoms with Crippen LogP contribution in [0.2, 0.25) is 0 Å². The summed E-state index contributed by atoms with van der Waals surface area (Å²) in [5.74, 6) is 1.68. The zero-order chi connectivity index (χ0) is 17.9. The standard InChI is InChI=1S/C20H32N4O2.ClH/c1-14-11-24(12-15(2)26-14)20-7-6-16(10-22-20)23-18-5-3-4-17(18)19-13-25-9-8-21-19;/h6-7,10,14-15,17-19,21,23H,3-5,8-9,11-13H2,1-2H3;1H. The summed E-state index contributed by atoms with van der Waals surface area (Å²) >= 11 is 0. The van der Waals surface area contributed by atoms with Crippen molar-refractivity contribution in [2.75, 3.05) is 43.1 Å². The van der Waals surface area contributed by atoms with Crippen molar-refractivity contribution in [3.63, 3.8) is 0 Å². The van der Waals surface area contributed by atoms with E-state index in [9.17, 15) is 0 Å². The van der Waals surface area contributed by atoms with Crippen LogP contribution in [0.1, 0.15) is 33.1 Å². The first-order valence-electron chi connectivity index (χ1n) is 10.1. The molecule has 1 saturated carbocycles. The topological polar surface area (TPSA) is 58.7 Å². The number of hydrogen-bond acceptors (Lipinski definition) is 6. The number of ether oxygens (including phenoxy) is 2. The number of anilines is 2. The third kappa shape index (κ3) is 5.05. The number of morpholine rings is 2. The Labute approximate surface area is 168 Å². The largest absolute Gasteiger partial charge is 0.381 e. The molecule has 6 nitrogen and oxygen atoms in total. The summed E-state index contributed by atoms with van der Waals surface area (Å²) in [7, 11) is 0. The summed E-state index contributed by atoms with van der Waals surface area (Å²) in [6.45, 7) is 8.72. The van der Waals surface area contributed by atoms with Crippen LogP contribution in [-0.2, 0) is 9.47 Å². The van der Waals surface area contributed by atoms with E-state index >= 15 is 0 Å². The molecule has 0 bridgehead atoms. The molecule has 5 unspecified atom stereocenters. The summed E-state index contributed by atoms with van der Waals surface area (Å²) in [6, 6.07) is 5.30. The van der Waals surface area contributed by atoms with E-state index in [1.165, 1.54) is 19.3 Å². The molecule has 3 fully saturated rings. The van der Waals surface area contributed by atoms with Crippen LogP contribution in [-0.4, -0.2) is 62.1 Å². The second-order valence-corrected chi connectivity index (χ2v) is 8.05. The van der Waals surface area contributed by atoms with Crippen LogP contribution in [0, 0.1) is 5.92 Å². The molecule has 7 heteroatoms. The Bertz CT molecular complexity index is 572. The fraction of sp³-hybridized carbons (Fsp3) is 0.750. The van der Waals surface area contributed by atoms with Gasteiger partial charge in [-0.1, -0.05) is 6.42 Å². The Balaban J connectivity index is 0.00000210. The van der Waals surface area contributed by atoms with Crippen molar-refractivity contribution in [1.82, 2.24) is 10.3 Å². The van der Waals surface area contributed by atoms with Crippen LogP contribution in [0.4, 0.5) is 11.5 Å². The van der Waals surface area contributed by atoms with Crippen LogP contribution in [0.3, 0.4) is 0 Å². The van der Waals surface area contributed by atoms with Gasteiger partial charge in [0.25, 0.3) is 0 Å². The molecule has 3 aliphatic rings. The predicted octanol–water partition coefficient (Wildman–Crippen LogP) is 2.69. The molecular formula is C20H33ClN4O2. The van der Waals surface area contributed by atoms with E-state index in [1.807, 2.05) is 6.20 Å². The molecule has 27 heavy (non-hydrogen) atoms. The maximum absolute atomic E-state index is 5.82. The first-order valence-corrected chi connectivity index (χ1v) is 10.1. The molecular weight excluding hydrogens is 364 g/mol. The number of halogens is 1. The fourth-order valence-electron chi connectivity index (χ4n) is 4.75. The van der Waals surface area contributed by atoms with Crippen LogP contribution in [0.25, 0.3) is 0 Å². The molecule has 0 radical (unpaired) electrons. The molecule has 152 valence electrons. The zero-order valence-corrected chi connectivity index (χ0v) is 17.2. The molecule has 0 aromatic carbocycles. The van der Waals surface area contributed by atoms with Gasteiger partial charge in [0.1, 0.15) is 5.82 Å². The molecule has 2 saturated heterocycles. The maximum atomic E-state index is 5.82. The lowest BCUT2D eigenvalue weighted by Gasteiger charge is -2.36. The molecule has 1 aromatic rings. The van der Waals surface area contributed by atoms with E-state index in [0.29, 0.717) is 18.0 Å². The number of aromatic nitrogens is 1. The number of nitrogens with zero attached hydrogens (tertiary/aromatic N) is 2. The number of pyridine rings is 1. The highest BCUT2D eigenvalue weighted by molar-refractivity contribution is 5.85. The monoisotopic (exact) mass is 396 g/mol. The third-order valence-corrected chi connectivity index (χ3v) is 5.88. The smallest absolute Gasteiger partial charge is 0.128 e. The number of hydrogen-bond donors (Lipinski definition) is 2. The molecule has 5 atom stereocenters. The summed E-state index contributed by atoms with van der Waals surface area (Å²) in [6.07, 6.45) is 6.28. The van der Waals surface area contributed by atoms with Crippen molar-refractivity contribution in [2.45, 2.75) is 57.4 Å². The first kappa shape index (κ1) is 20.6. The van der Waals surface area contributed by atoms with Crippen LogP contribution in [0.15, 0.2) is 18.3 Å². The van der Waals surface area contributed by atoms with Gasteiger partial charge in [0, 0.05) is 31.7 Å². The highest BCUT2D eigenvalue weighted by atomic mass is 35.5. The van der Waals surface area contributed by atoms with Crippen molar-refractivity contribution in [1.29, 1.82) is 0 Å². The van der Waals surface area contributed by atoms with E-state index in [-0.39, 0.29) is 24.6 Å². The van der Waals surface area contributed by atoms with Gasteiger partial charge >= 0.3 is 0 Å². The average molecular weight is 397 g/mol. The minimum atomic E-state index is 0. The lowest BCUT2D eigenvalue weighted by molar-refractivity contribution is -0.00545. The summed E-state index contributed by atoms with van der Waals surface area (Å²) in [4.78, 5) is 7.04. The lowest BCUT2D eigenvalue weighted by Crippen LogP contribution is -2.49. The van der Waals surface area contributed by atoms with Gasteiger partial charge in [0.05, 0.1) is 37.3 Å². The van der Waals surface area contributed by atoms with Gasteiger partial charge in [-0.25, -0.2) is 4.98 Å². The molecule has 2 aliphatic heterocycles. The normalized spacial score (nSPS) is 34.1. The molecule has 3 heterocycles. The lowest BCUT2D eigenvalue weighted by atomic mass is 9.94. The second-order valence-electron chi connectivity index (χ2n) is 8.05. The minimum Gasteiger partial charge on any atom is -0.381 e. The van der Waals surface area contributed by atoms with Crippen molar-refractivity contribution >= 4 is 23.9 Å². The number of nitrogens with one attached hydrogen (secondary N) is 2. The fourth-order valence-corrected chi connectivity index (χ4v) is 4.75. The Kier molecular flexibility index (Phi) is 7.20. The van der Waals surface area contributed by atoms with E-state index < -0.39 is 0 Å². The Morgan fingerprint density at radius 2 is 2.00 bits per heavy atom. The first-order chi connectivity index (χ1) is 12.7. The Morgan fingerprint density at radius 3 is 2.67 bits per heavy atom. The highest BCUT2D eigenvalue weighted by Crippen LogP contribution is 2.32. The van der Waals surface area contributed by atoms with Gasteiger partial charge in [-0.15, -0.1) is 12.4 Å². The van der Waals surface area contributed by atoms with E-state index in [4.69, 9.17) is 14.5 Å².